The minimum Gasteiger partial charge on any atom is -0.389 e. The van der Waals surface area contributed by atoms with Gasteiger partial charge < -0.3 is 14.7 Å². The van der Waals surface area contributed by atoms with Crippen LogP contribution >= 0.6 is 0 Å². The van der Waals surface area contributed by atoms with Gasteiger partial charge in [0.25, 0.3) is 0 Å². The molecule has 1 aliphatic carbocycles. The molecule has 2 aliphatic heterocycles. The Morgan fingerprint density at radius 2 is 1.73 bits per heavy atom. The van der Waals surface area contributed by atoms with Gasteiger partial charge in [-0.15, -0.1) is 0 Å². The maximum Gasteiger partial charge on any atom is 0.225 e. The smallest absolute Gasteiger partial charge is 0.225 e. The van der Waals surface area contributed by atoms with Gasteiger partial charge >= 0.3 is 0 Å². The number of piperidine rings is 1. The summed E-state index contributed by atoms with van der Waals surface area (Å²) >= 11 is 0. The summed E-state index contributed by atoms with van der Waals surface area (Å²) in [5.41, 5.74) is -0.707. The van der Waals surface area contributed by atoms with Crippen LogP contribution in [-0.4, -0.2) is 72.4 Å². The van der Waals surface area contributed by atoms with Crippen molar-refractivity contribution < 1.29 is 14.6 Å². The van der Waals surface area contributed by atoms with Crippen molar-refractivity contribution >= 4 is 5.91 Å². The van der Waals surface area contributed by atoms with Gasteiger partial charge in [0.15, 0.2) is 0 Å². The van der Waals surface area contributed by atoms with E-state index in [2.05, 4.69) is 4.90 Å². The molecule has 5 nitrogen and oxygen atoms in total. The Kier molecular flexibility index (Phi) is 5.37. The number of aliphatic hydroxyl groups is 1. The molecule has 0 aromatic carbocycles. The van der Waals surface area contributed by atoms with Crippen molar-refractivity contribution in [1.29, 1.82) is 0 Å². The van der Waals surface area contributed by atoms with Gasteiger partial charge in [-0.05, 0) is 31.6 Å². The Balaban J connectivity index is 1.40. The summed E-state index contributed by atoms with van der Waals surface area (Å²) in [5, 5.41) is 10.4. The number of amides is 1. The van der Waals surface area contributed by atoms with Crippen molar-refractivity contribution in [2.75, 3.05) is 45.9 Å². The van der Waals surface area contributed by atoms with Crippen LogP contribution in [0.1, 0.15) is 44.9 Å². The SMILES string of the molecule is O=C(CC1(O)CCCC1)N1CCC(CN2CCOCC2)CC1. The molecule has 0 aromatic heterocycles. The topological polar surface area (TPSA) is 53.0 Å². The number of hydrogen-bond donors (Lipinski definition) is 1. The number of ether oxygens (including phenoxy) is 1. The fourth-order valence-corrected chi connectivity index (χ4v) is 4.12. The Hall–Kier alpha value is -0.650. The van der Waals surface area contributed by atoms with Crippen LogP contribution in [0, 0.1) is 5.92 Å². The highest BCUT2D eigenvalue weighted by Gasteiger charge is 2.35. The largest absolute Gasteiger partial charge is 0.389 e. The van der Waals surface area contributed by atoms with Gasteiger partial charge in [-0.1, -0.05) is 12.8 Å². The number of likely N-dealkylation sites (tertiary alicyclic amines) is 1. The molecular formula is C17H30N2O3. The minimum absolute atomic E-state index is 0.161. The molecule has 0 atom stereocenters. The lowest BCUT2D eigenvalue weighted by atomic mass is 9.93. The third-order valence-corrected chi connectivity index (χ3v) is 5.60. The van der Waals surface area contributed by atoms with E-state index < -0.39 is 5.60 Å². The van der Waals surface area contributed by atoms with Crippen molar-refractivity contribution in [3.05, 3.63) is 0 Å². The fourth-order valence-electron chi connectivity index (χ4n) is 4.12. The van der Waals surface area contributed by atoms with E-state index in [4.69, 9.17) is 4.74 Å². The average molecular weight is 310 g/mol. The van der Waals surface area contributed by atoms with Crippen molar-refractivity contribution in [1.82, 2.24) is 9.80 Å². The minimum atomic E-state index is -0.707. The number of hydrogen-bond acceptors (Lipinski definition) is 4. The van der Waals surface area contributed by atoms with Crippen LogP contribution in [-0.2, 0) is 9.53 Å². The summed E-state index contributed by atoms with van der Waals surface area (Å²) < 4.78 is 5.39. The molecule has 1 saturated carbocycles. The first-order valence-corrected chi connectivity index (χ1v) is 8.95. The van der Waals surface area contributed by atoms with Crippen molar-refractivity contribution in [2.24, 2.45) is 5.92 Å². The van der Waals surface area contributed by atoms with Gasteiger partial charge in [-0.3, -0.25) is 9.69 Å². The van der Waals surface area contributed by atoms with E-state index >= 15 is 0 Å². The monoisotopic (exact) mass is 310 g/mol. The van der Waals surface area contributed by atoms with Crippen LogP contribution in [0.2, 0.25) is 0 Å². The van der Waals surface area contributed by atoms with Crippen LogP contribution in [0.25, 0.3) is 0 Å². The highest BCUT2D eigenvalue weighted by Crippen LogP contribution is 2.33. The molecule has 1 N–H and O–H groups in total. The van der Waals surface area contributed by atoms with E-state index in [1.54, 1.807) is 0 Å². The lowest BCUT2D eigenvalue weighted by Gasteiger charge is -2.37. The lowest BCUT2D eigenvalue weighted by molar-refractivity contribution is -0.137. The fraction of sp³-hybridized carbons (Fsp3) is 0.941. The zero-order chi connectivity index (χ0) is 15.4. The van der Waals surface area contributed by atoms with Crippen LogP contribution in [0.5, 0.6) is 0 Å². The highest BCUT2D eigenvalue weighted by molar-refractivity contribution is 5.77. The normalized spacial score (nSPS) is 27.2. The standard InChI is InChI=1S/C17H30N2O3/c20-16(13-17(21)5-1-2-6-17)19-7-3-15(4-8-19)14-18-9-11-22-12-10-18/h15,21H,1-14H2. The summed E-state index contributed by atoms with van der Waals surface area (Å²) in [6.07, 6.45) is 6.25. The predicted octanol–water partition coefficient (Wildman–Crippen LogP) is 1.25. The van der Waals surface area contributed by atoms with Gasteiger partial charge in [0.1, 0.15) is 0 Å². The summed E-state index contributed by atoms with van der Waals surface area (Å²) in [7, 11) is 0. The van der Waals surface area contributed by atoms with E-state index in [1.807, 2.05) is 4.90 Å². The molecule has 0 aromatic rings. The van der Waals surface area contributed by atoms with Crippen LogP contribution in [0.4, 0.5) is 0 Å². The Morgan fingerprint density at radius 3 is 2.36 bits per heavy atom. The molecule has 5 heteroatoms. The summed E-state index contributed by atoms with van der Waals surface area (Å²) in [4.78, 5) is 16.9. The highest BCUT2D eigenvalue weighted by atomic mass is 16.5. The van der Waals surface area contributed by atoms with Crippen LogP contribution in [0.3, 0.4) is 0 Å². The van der Waals surface area contributed by atoms with Crippen LogP contribution in [0.15, 0.2) is 0 Å². The Morgan fingerprint density at radius 1 is 1.09 bits per heavy atom. The molecular weight excluding hydrogens is 280 g/mol. The zero-order valence-corrected chi connectivity index (χ0v) is 13.6. The van der Waals surface area contributed by atoms with E-state index in [1.165, 1.54) is 0 Å². The van der Waals surface area contributed by atoms with Crippen LogP contribution < -0.4 is 0 Å². The molecule has 0 bridgehead atoms. The maximum absolute atomic E-state index is 12.4. The van der Waals surface area contributed by atoms with Gasteiger partial charge in [0.05, 0.1) is 25.2 Å². The average Bonchev–Trinajstić information content (AvgIpc) is 2.95. The quantitative estimate of drug-likeness (QED) is 0.849. The summed E-state index contributed by atoms with van der Waals surface area (Å²) in [6, 6.07) is 0. The molecule has 3 fully saturated rings. The van der Waals surface area contributed by atoms with Gasteiger partial charge in [-0.25, -0.2) is 0 Å². The summed E-state index contributed by atoms with van der Waals surface area (Å²) in [6.45, 7) is 6.69. The third-order valence-electron chi connectivity index (χ3n) is 5.60. The second-order valence-corrected chi connectivity index (χ2v) is 7.35. The molecule has 3 rings (SSSR count). The first kappa shape index (κ1) is 16.2. The van der Waals surface area contributed by atoms with E-state index in [0.29, 0.717) is 12.3 Å². The maximum atomic E-state index is 12.4. The first-order valence-electron chi connectivity index (χ1n) is 8.95. The van der Waals surface area contributed by atoms with Gasteiger partial charge in [0, 0.05) is 32.7 Å². The lowest BCUT2D eigenvalue weighted by Crippen LogP contribution is -2.45. The first-order chi connectivity index (χ1) is 10.6. The summed E-state index contributed by atoms with van der Waals surface area (Å²) in [5.74, 6) is 0.867. The van der Waals surface area contributed by atoms with E-state index in [0.717, 1.165) is 84.5 Å². The number of rotatable bonds is 4. The number of carbonyl (C=O) groups is 1. The van der Waals surface area contributed by atoms with Crippen molar-refractivity contribution in [3.63, 3.8) is 0 Å². The molecule has 2 heterocycles. The molecule has 2 saturated heterocycles. The zero-order valence-electron chi connectivity index (χ0n) is 13.6. The van der Waals surface area contributed by atoms with Crippen molar-refractivity contribution in [2.45, 2.75) is 50.5 Å². The molecule has 0 spiro atoms. The van der Waals surface area contributed by atoms with Gasteiger partial charge in [0.2, 0.25) is 5.91 Å². The van der Waals surface area contributed by atoms with Crippen molar-refractivity contribution in [3.8, 4) is 0 Å². The molecule has 126 valence electrons. The molecule has 22 heavy (non-hydrogen) atoms. The third kappa shape index (κ3) is 4.21. The number of nitrogens with zero attached hydrogens (tertiary/aromatic N) is 2. The van der Waals surface area contributed by atoms with E-state index in [9.17, 15) is 9.90 Å². The molecule has 0 radical (unpaired) electrons. The van der Waals surface area contributed by atoms with E-state index in [-0.39, 0.29) is 5.91 Å². The Bertz CT molecular complexity index is 368. The second-order valence-electron chi connectivity index (χ2n) is 7.35. The molecule has 0 unspecified atom stereocenters. The second kappa shape index (κ2) is 7.28. The Labute approximate surface area is 133 Å². The number of carbonyl (C=O) groups excluding carboxylic acids is 1. The predicted molar refractivity (Wildman–Crippen MR) is 84.6 cm³/mol. The number of morpholine rings is 1. The van der Waals surface area contributed by atoms with Gasteiger partial charge in [-0.2, -0.15) is 0 Å². The molecule has 3 aliphatic rings. The molecule has 1 amide bonds.